The zero-order chi connectivity index (χ0) is 14.1. The van der Waals surface area contributed by atoms with Gasteiger partial charge in [0, 0.05) is 24.8 Å². The maximum atomic E-state index is 12.3. The van der Waals surface area contributed by atoms with Crippen LogP contribution in [0.2, 0.25) is 0 Å². The van der Waals surface area contributed by atoms with Crippen LogP contribution in [0.25, 0.3) is 0 Å². The van der Waals surface area contributed by atoms with Gasteiger partial charge < -0.3 is 4.90 Å². The molecule has 20 heavy (non-hydrogen) atoms. The second-order valence-electron chi connectivity index (χ2n) is 6.06. The summed E-state index contributed by atoms with van der Waals surface area (Å²) in [5.74, 6) is 0.616. The molecule has 2 aliphatic rings. The van der Waals surface area contributed by atoms with Gasteiger partial charge in [-0.2, -0.15) is 0 Å². The molecule has 1 aromatic carbocycles. The van der Waals surface area contributed by atoms with E-state index in [1.807, 2.05) is 42.2 Å². The highest BCUT2D eigenvalue weighted by Crippen LogP contribution is 2.35. The molecule has 1 amide bonds. The normalized spacial score (nSPS) is 24.6. The number of hydrogen-bond donors (Lipinski definition) is 0. The van der Waals surface area contributed by atoms with E-state index in [0.29, 0.717) is 18.7 Å². The fraction of sp³-hybridized carbons (Fsp3) is 0.529. The largest absolute Gasteiger partial charge is 0.335 e. The second kappa shape index (κ2) is 5.39. The van der Waals surface area contributed by atoms with E-state index in [1.54, 1.807) is 0 Å². The van der Waals surface area contributed by atoms with Crippen molar-refractivity contribution in [2.45, 2.75) is 38.6 Å². The highest BCUT2D eigenvalue weighted by atomic mass is 16.2. The summed E-state index contributed by atoms with van der Waals surface area (Å²) in [7, 11) is 0. The molecule has 3 nitrogen and oxygen atoms in total. The molecule has 0 bridgehead atoms. The average Bonchev–Trinajstić information content (AvgIpc) is 2.79. The molecule has 1 aromatic rings. The van der Waals surface area contributed by atoms with Crippen LogP contribution in [0.4, 0.5) is 0 Å². The maximum Gasteiger partial charge on any atom is 0.223 e. The van der Waals surface area contributed by atoms with Crippen LogP contribution in [0.15, 0.2) is 30.3 Å². The first-order valence-corrected chi connectivity index (χ1v) is 7.55. The number of nitrogens with zero attached hydrogens (tertiary/aromatic N) is 1. The fourth-order valence-corrected chi connectivity index (χ4v) is 3.23. The van der Waals surface area contributed by atoms with Crippen LogP contribution in [0.3, 0.4) is 0 Å². The van der Waals surface area contributed by atoms with E-state index >= 15 is 0 Å². The van der Waals surface area contributed by atoms with E-state index in [2.05, 4.69) is 0 Å². The average molecular weight is 271 g/mol. The number of hydrogen-bond acceptors (Lipinski definition) is 2. The summed E-state index contributed by atoms with van der Waals surface area (Å²) < 4.78 is 0. The number of carbonyl (C=O) groups excluding carboxylic acids is 2. The first-order valence-electron chi connectivity index (χ1n) is 7.55. The molecule has 106 valence electrons. The van der Waals surface area contributed by atoms with Gasteiger partial charge in [-0.1, -0.05) is 36.8 Å². The number of rotatable bonds is 4. The minimum absolute atomic E-state index is 0.0582. The Morgan fingerprint density at radius 1 is 1.20 bits per heavy atom. The van der Waals surface area contributed by atoms with Gasteiger partial charge in [-0.3, -0.25) is 9.59 Å². The highest BCUT2D eigenvalue weighted by molar-refractivity contribution is 5.92. The predicted molar refractivity (Wildman–Crippen MR) is 77.0 cm³/mol. The Morgan fingerprint density at radius 3 is 2.50 bits per heavy atom. The molecule has 1 aliphatic carbocycles. The van der Waals surface area contributed by atoms with Crippen molar-refractivity contribution in [1.82, 2.24) is 4.90 Å². The van der Waals surface area contributed by atoms with Gasteiger partial charge in [0.15, 0.2) is 0 Å². The molecule has 2 atom stereocenters. The predicted octanol–water partition coefficient (Wildman–Crippen LogP) is 2.97. The molecule has 1 saturated heterocycles. The molecular formula is C17H21NO2. The molecular weight excluding hydrogens is 250 g/mol. The van der Waals surface area contributed by atoms with Gasteiger partial charge in [0.2, 0.25) is 5.91 Å². The van der Waals surface area contributed by atoms with E-state index in [1.165, 1.54) is 6.42 Å². The first kappa shape index (κ1) is 13.3. The van der Waals surface area contributed by atoms with E-state index < -0.39 is 0 Å². The smallest absolute Gasteiger partial charge is 0.223 e. The Morgan fingerprint density at radius 2 is 1.90 bits per heavy atom. The summed E-state index contributed by atoms with van der Waals surface area (Å²) in [5.41, 5.74) is 1.14. The van der Waals surface area contributed by atoms with Gasteiger partial charge in [0.05, 0.1) is 6.04 Å². The first-order chi connectivity index (χ1) is 9.66. The lowest BCUT2D eigenvalue weighted by Crippen LogP contribution is -2.32. The maximum absolute atomic E-state index is 12.3. The molecule has 2 fully saturated rings. The number of amides is 1. The summed E-state index contributed by atoms with van der Waals surface area (Å²) in [4.78, 5) is 26.4. The van der Waals surface area contributed by atoms with Gasteiger partial charge in [0.1, 0.15) is 5.78 Å². The van der Waals surface area contributed by atoms with Crippen LogP contribution < -0.4 is 0 Å². The van der Waals surface area contributed by atoms with Crippen molar-refractivity contribution in [2.75, 3.05) is 6.54 Å². The van der Waals surface area contributed by atoms with Crippen LogP contribution >= 0.6 is 0 Å². The lowest BCUT2D eigenvalue weighted by molar-refractivity contribution is -0.131. The van der Waals surface area contributed by atoms with Crippen molar-refractivity contribution in [3.63, 3.8) is 0 Å². The van der Waals surface area contributed by atoms with Gasteiger partial charge >= 0.3 is 0 Å². The molecule has 0 radical (unpaired) electrons. The Bertz CT molecular complexity index is 507. The van der Waals surface area contributed by atoms with Crippen molar-refractivity contribution in [1.29, 1.82) is 0 Å². The number of Topliss-reactive ketones (excluding diaryl/α,β-unsaturated/α-hetero) is 1. The second-order valence-corrected chi connectivity index (χ2v) is 6.06. The number of carbonyl (C=O) groups is 2. The van der Waals surface area contributed by atoms with Gasteiger partial charge in [-0.05, 0) is 25.3 Å². The summed E-state index contributed by atoms with van der Waals surface area (Å²) in [5, 5.41) is 0. The third kappa shape index (κ3) is 2.37. The third-order valence-electron chi connectivity index (χ3n) is 4.82. The molecule has 3 rings (SSSR count). The molecule has 0 spiro atoms. The number of ketones is 1. The Balaban J connectivity index is 1.69. The topological polar surface area (TPSA) is 37.4 Å². The van der Waals surface area contributed by atoms with Gasteiger partial charge in [-0.25, -0.2) is 0 Å². The lowest BCUT2D eigenvalue weighted by atomic mass is 9.77. The Labute approximate surface area is 120 Å². The van der Waals surface area contributed by atoms with Gasteiger partial charge in [-0.15, -0.1) is 0 Å². The minimum atomic E-state index is -0.0704. The van der Waals surface area contributed by atoms with Crippen LogP contribution in [0.5, 0.6) is 0 Å². The molecule has 2 unspecified atom stereocenters. The van der Waals surface area contributed by atoms with E-state index in [-0.39, 0.29) is 23.8 Å². The quantitative estimate of drug-likeness (QED) is 0.844. The minimum Gasteiger partial charge on any atom is -0.335 e. The summed E-state index contributed by atoms with van der Waals surface area (Å²) in [6, 6.07) is 10.1. The standard InChI is InChI=1S/C17H21NO2/c1-12(13-6-3-2-4-7-13)18-11-15(10-16(18)19)17(20)14-8-5-9-14/h2-4,6-7,12,14-15H,5,8-11H2,1H3. The molecule has 1 saturated carbocycles. The number of likely N-dealkylation sites (tertiary alicyclic amines) is 1. The summed E-state index contributed by atoms with van der Waals surface area (Å²) in [6.07, 6.45) is 3.63. The zero-order valence-electron chi connectivity index (χ0n) is 11.9. The third-order valence-corrected chi connectivity index (χ3v) is 4.82. The van der Waals surface area contributed by atoms with Crippen LogP contribution in [-0.4, -0.2) is 23.1 Å². The van der Waals surface area contributed by atoms with E-state index in [0.717, 1.165) is 18.4 Å². The summed E-state index contributed by atoms with van der Waals surface area (Å²) in [6.45, 7) is 2.65. The van der Waals surface area contributed by atoms with Crippen LogP contribution in [0, 0.1) is 11.8 Å². The van der Waals surface area contributed by atoms with Crippen LogP contribution in [0.1, 0.15) is 44.2 Å². The SMILES string of the molecule is CC(c1ccccc1)N1CC(C(=O)C2CCC2)CC1=O. The van der Waals surface area contributed by atoms with E-state index in [4.69, 9.17) is 0 Å². The Hall–Kier alpha value is -1.64. The van der Waals surface area contributed by atoms with E-state index in [9.17, 15) is 9.59 Å². The van der Waals surface area contributed by atoms with Crippen molar-refractivity contribution >= 4 is 11.7 Å². The van der Waals surface area contributed by atoms with Crippen molar-refractivity contribution in [3.05, 3.63) is 35.9 Å². The van der Waals surface area contributed by atoms with Crippen LogP contribution in [-0.2, 0) is 9.59 Å². The molecule has 1 heterocycles. The fourth-order valence-electron chi connectivity index (χ4n) is 3.23. The van der Waals surface area contributed by atoms with Crippen molar-refractivity contribution < 1.29 is 9.59 Å². The zero-order valence-corrected chi connectivity index (χ0v) is 11.9. The molecule has 3 heteroatoms. The van der Waals surface area contributed by atoms with Gasteiger partial charge in [0.25, 0.3) is 0 Å². The highest BCUT2D eigenvalue weighted by Gasteiger charge is 2.40. The molecule has 0 aromatic heterocycles. The van der Waals surface area contributed by atoms with Crippen molar-refractivity contribution in [3.8, 4) is 0 Å². The van der Waals surface area contributed by atoms with Crippen molar-refractivity contribution in [2.24, 2.45) is 11.8 Å². The Kier molecular flexibility index (Phi) is 3.60. The lowest BCUT2D eigenvalue weighted by Gasteiger charge is -2.28. The monoisotopic (exact) mass is 271 g/mol. The number of benzene rings is 1. The molecule has 0 N–H and O–H groups in total. The molecule has 1 aliphatic heterocycles. The summed E-state index contributed by atoms with van der Waals surface area (Å²) >= 11 is 0.